The molecule has 13 amide bonds. The van der Waals surface area contributed by atoms with Gasteiger partial charge in [-0.1, -0.05) is 74.5 Å². The van der Waals surface area contributed by atoms with E-state index in [2.05, 4.69) is 62.8 Å². The molecular weight excluding hydrogens is 1290 g/mol. The number of nitrogens with two attached hydrogens (primary N) is 5. The number of benzene rings is 2. The highest BCUT2D eigenvalue weighted by Gasteiger charge is 2.41. The smallest absolute Gasteiger partial charge is 0.245 e. The molecule has 2 aromatic carbocycles. The molecule has 0 saturated carbocycles. The summed E-state index contributed by atoms with van der Waals surface area (Å²) in [6.07, 6.45) is 5.53. The van der Waals surface area contributed by atoms with Crippen LogP contribution in [0.3, 0.4) is 0 Å². The molecule has 536 valence electrons. The number of amides is 13. The molecule has 2 saturated heterocycles. The zero-order valence-corrected chi connectivity index (χ0v) is 56.6. The Labute approximate surface area is 572 Å². The molecule has 12 atom stereocenters. The topological polar surface area (TPSA) is 528 Å². The zero-order chi connectivity index (χ0) is 72.2. The van der Waals surface area contributed by atoms with Gasteiger partial charge >= 0.3 is 0 Å². The molecule has 0 radical (unpaired) electrons. The summed E-state index contributed by atoms with van der Waals surface area (Å²) in [4.78, 5) is 192. The summed E-state index contributed by atoms with van der Waals surface area (Å²) in [7, 11) is 0. The van der Waals surface area contributed by atoms with E-state index >= 15 is 0 Å². The Kier molecular flexibility index (Phi) is 31.8. The lowest BCUT2D eigenvalue weighted by Gasteiger charge is -2.30. The van der Waals surface area contributed by atoms with Crippen molar-refractivity contribution in [3.05, 3.63) is 90.0 Å². The van der Waals surface area contributed by atoms with Crippen LogP contribution in [0.25, 0.3) is 0 Å². The van der Waals surface area contributed by atoms with Gasteiger partial charge in [0.1, 0.15) is 66.5 Å². The number of thioether (sulfide) groups is 1. The van der Waals surface area contributed by atoms with Crippen LogP contribution in [-0.4, -0.2) is 218 Å². The van der Waals surface area contributed by atoms with Crippen LogP contribution in [0, 0.1) is 5.92 Å². The van der Waals surface area contributed by atoms with E-state index in [1.54, 1.807) is 74.5 Å². The second-order valence-electron chi connectivity index (χ2n) is 24.7. The molecule has 2 aliphatic heterocycles. The molecule has 0 unspecified atom stereocenters. The zero-order valence-electron chi connectivity index (χ0n) is 55.8. The van der Waals surface area contributed by atoms with Crippen LogP contribution in [0.2, 0.25) is 0 Å². The van der Waals surface area contributed by atoms with Gasteiger partial charge in [0.15, 0.2) is 5.96 Å². The molecule has 34 heteroatoms. The Bertz CT molecular complexity index is 3250. The maximum Gasteiger partial charge on any atom is 0.245 e. The number of H-pyrrole nitrogens is 1. The fraction of sp³-hybridized carbons (Fsp3) is 0.547. The number of aromatic nitrogens is 2. The number of primary amides is 2. The van der Waals surface area contributed by atoms with Crippen LogP contribution in [0.4, 0.5) is 0 Å². The first-order valence-electron chi connectivity index (χ1n) is 32.5. The van der Waals surface area contributed by atoms with Crippen molar-refractivity contribution < 1.29 is 67.4 Å². The lowest BCUT2D eigenvalue weighted by molar-refractivity contribution is -0.142. The van der Waals surface area contributed by atoms with Crippen molar-refractivity contribution in [3.63, 3.8) is 0 Å². The second kappa shape index (κ2) is 39.5. The highest BCUT2D eigenvalue weighted by Crippen LogP contribution is 2.22. The van der Waals surface area contributed by atoms with E-state index in [1.807, 2.05) is 6.26 Å². The number of hydrogen-bond acceptors (Lipinski definition) is 18. The largest absolute Gasteiger partial charge is 0.394 e. The van der Waals surface area contributed by atoms with E-state index in [-0.39, 0.29) is 76.5 Å². The summed E-state index contributed by atoms with van der Waals surface area (Å²) >= 11 is 1.52. The number of aliphatic hydroxyl groups excluding tert-OH is 1. The van der Waals surface area contributed by atoms with E-state index in [0.29, 0.717) is 48.3 Å². The predicted molar refractivity (Wildman–Crippen MR) is 361 cm³/mol. The van der Waals surface area contributed by atoms with Gasteiger partial charge in [0.05, 0.1) is 25.4 Å². The van der Waals surface area contributed by atoms with Gasteiger partial charge in [-0.3, -0.25) is 67.3 Å². The van der Waals surface area contributed by atoms with E-state index < -0.39 is 162 Å². The quantitative estimate of drug-likeness (QED) is 0.0145. The number of carbonyl (C=O) groups is 13. The molecule has 0 spiro atoms. The number of nitrogens with zero attached hydrogens (tertiary/aromatic N) is 4. The van der Waals surface area contributed by atoms with Crippen molar-refractivity contribution in [3.8, 4) is 0 Å². The Balaban J connectivity index is 1.23. The summed E-state index contributed by atoms with van der Waals surface area (Å²) in [6.45, 7) is 5.57. The number of aliphatic hydroxyl groups is 1. The third kappa shape index (κ3) is 25.1. The molecule has 2 fully saturated rings. The maximum atomic E-state index is 14.2. The Hall–Kier alpha value is -9.70. The number of carbonyl (C=O) groups excluding carboxylic acids is 13. The first kappa shape index (κ1) is 79.0. The lowest BCUT2D eigenvalue weighted by atomic mass is 10.0. The standard InChI is InChI=1S/C64H95N19O14S/c1-35(2)27-44(57(91)75-42(19-12-23-71-64(68)69)54(88)76-43(52(67)86)28-38-15-8-6-9-16-38)79-60(94)49-20-13-24-82(49)62(96)37(4)74-56(90)47(31-51(66)85)77-53(87)36(3)73-55(89)45(29-39-17-10-7-11-18-39)78-59(93)48(33-84)81-58(92)46(30-40-32-70-34-72-40)80-61(95)50-21-14-25-83(50)63(97)41(65)22-26-98-5/h6-11,15-18,32,34-37,41-50,84H,12-14,19-31,33,65H2,1-5H3,(H2,66,85)(H2,67,86)(H,70,72)(H,73,89)(H,74,90)(H,75,91)(H,76,88)(H,77,87)(H,78,93)(H,79,94)(H,80,95)(H,81,92)(H4,68,69,71)/t36-,37-,41-,42-,43-,44-,45-,46-,47-,48-,49-,50-/m0/s1. The molecule has 3 aromatic rings. The predicted octanol–water partition coefficient (Wildman–Crippen LogP) is -4.64. The number of imidazole rings is 1. The van der Waals surface area contributed by atoms with Crippen LogP contribution < -0.4 is 76.5 Å². The SMILES string of the molecule is CSCC[C@H](N)C(=O)N1CCC[C@H]1C(=O)N[C@@H](Cc1cnc[nH]1)C(=O)N[C@@H](CO)C(=O)N[C@@H](Cc1ccccc1)C(=O)N[C@@H](C)C(=O)N[C@@H](CC(N)=O)C(=O)N[C@@H](C)C(=O)N1CCC[C@H]1C(=O)N[C@@H](CC(C)C)C(=O)N[C@@H](CCCN=C(N)N)C(=O)N[C@@H](Cc1ccccc1)C(N)=O. The lowest BCUT2D eigenvalue weighted by Crippen LogP contribution is -2.61. The molecule has 1 aromatic heterocycles. The minimum atomic E-state index is -1.73. The number of hydrogen-bond donors (Lipinski definition) is 16. The number of nitrogens with one attached hydrogen (secondary N) is 10. The summed E-state index contributed by atoms with van der Waals surface area (Å²) in [5.74, 6) is -10.6. The maximum absolute atomic E-state index is 14.2. The van der Waals surface area contributed by atoms with Gasteiger partial charge in [0.25, 0.3) is 0 Å². The first-order valence-corrected chi connectivity index (χ1v) is 33.9. The Morgan fingerprint density at radius 3 is 1.60 bits per heavy atom. The first-order chi connectivity index (χ1) is 46.6. The normalized spacial score (nSPS) is 17.3. The van der Waals surface area contributed by atoms with Crippen molar-refractivity contribution in [2.75, 3.05) is 38.2 Å². The van der Waals surface area contributed by atoms with Crippen LogP contribution in [0.5, 0.6) is 0 Å². The molecular formula is C64H95N19O14S. The van der Waals surface area contributed by atoms with Crippen LogP contribution in [-0.2, 0) is 81.6 Å². The highest BCUT2D eigenvalue weighted by atomic mass is 32.2. The Morgan fingerprint density at radius 1 is 0.582 bits per heavy atom. The molecule has 2 aliphatic rings. The van der Waals surface area contributed by atoms with Crippen molar-refractivity contribution in [1.82, 2.24) is 67.6 Å². The van der Waals surface area contributed by atoms with Gasteiger partial charge in [-0.2, -0.15) is 11.8 Å². The molecule has 3 heterocycles. The summed E-state index contributed by atoms with van der Waals surface area (Å²) in [6, 6.07) is 1.34. The van der Waals surface area contributed by atoms with Crippen LogP contribution in [0.15, 0.2) is 78.2 Å². The fourth-order valence-electron chi connectivity index (χ4n) is 11.2. The van der Waals surface area contributed by atoms with Gasteiger partial charge in [-0.25, -0.2) is 4.98 Å². The summed E-state index contributed by atoms with van der Waals surface area (Å²) in [5, 5.41) is 33.6. The van der Waals surface area contributed by atoms with Crippen molar-refractivity contribution in [1.29, 1.82) is 0 Å². The third-order valence-corrected chi connectivity index (χ3v) is 17.0. The molecule has 0 aliphatic carbocycles. The number of likely N-dealkylation sites (tertiary alicyclic amines) is 2. The number of rotatable bonds is 39. The number of guanidine groups is 1. The monoisotopic (exact) mass is 1390 g/mol. The van der Waals surface area contributed by atoms with E-state index in [9.17, 15) is 67.4 Å². The number of aromatic amines is 1. The third-order valence-electron chi connectivity index (χ3n) is 16.4. The fourth-order valence-corrected chi connectivity index (χ4v) is 11.6. The molecule has 5 rings (SSSR count). The van der Waals surface area contributed by atoms with Gasteiger partial charge in [-0.15, -0.1) is 0 Å². The van der Waals surface area contributed by atoms with Gasteiger partial charge in [-0.05, 0) is 94.3 Å². The Morgan fingerprint density at radius 2 is 1.06 bits per heavy atom. The summed E-state index contributed by atoms with van der Waals surface area (Å²) < 4.78 is 0. The van der Waals surface area contributed by atoms with Crippen molar-refractivity contribution in [2.24, 2.45) is 39.6 Å². The minimum absolute atomic E-state index is 0.00197. The van der Waals surface area contributed by atoms with Crippen LogP contribution >= 0.6 is 11.8 Å². The minimum Gasteiger partial charge on any atom is -0.394 e. The molecule has 21 N–H and O–H groups in total. The van der Waals surface area contributed by atoms with Gasteiger partial charge < -0.3 is 96.4 Å². The number of aliphatic imine (C=N–C) groups is 1. The second-order valence-corrected chi connectivity index (χ2v) is 25.6. The highest BCUT2D eigenvalue weighted by molar-refractivity contribution is 7.98. The average Bonchev–Trinajstić information content (AvgIpc) is 1.59. The van der Waals surface area contributed by atoms with Crippen molar-refractivity contribution in [2.45, 2.75) is 177 Å². The van der Waals surface area contributed by atoms with E-state index in [0.717, 1.165) is 0 Å². The van der Waals surface area contributed by atoms with Gasteiger partial charge in [0.2, 0.25) is 76.8 Å². The summed E-state index contributed by atoms with van der Waals surface area (Å²) in [5.41, 5.74) is 30.0. The van der Waals surface area contributed by atoms with E-state index in [4.69, 9.17) is 28.7 Å². The molecule has 33 nitrogen and oxygen atoms in total. The van der Waals surface area contributed by atoms with E-state index in [1.165, 1.54) is 47.9 Å². The molecule has 98 heavy (non-hydrogen) atoms. The van der Waals surface area contributed by atoms with Crippen LogP contribution in [0.1, 0.15) is 102 Å². The molecule has 0 bridgehead atoms. The average molecular weight is 1390 g/mol. The van der Waals surface area contributed by atoms with Gasteiger partial charge in [0, 0.05) is 50.8 Å². The van der Waals surface area contributed by atoms with Crippen molar-refractivity contribution >= 4 is 94.5 Å².